The second kappa shape index (κ2) is 48.6. The van der Waals surface area contributed by atoms with Gasteiger partial charge in [-0.15, -0.1) is 11.8 Å². The zero-order chi connectivity index (χ0) is 95.5. The van der Waals surface area contributed by atoms with Crippen LogP contribution in [0, 0.1) is 11.8 Å². The first-order chi connectivity index (χ1) is 61.7. The summed E-state index contributed by atoms with van der Waals surface area (Å²) in [5.74, 6) is -18.6. The van der Waals surface area contributed by atoms with Gasteiger partial charge in [0.15, 0.2) is 0 Å². The van der Waals surface area contributed by atoms with E-state index in [0.717, 1.165) is 26.5 Å². The molecule has 0 spiro atoms. The number of phenols is 1. The van der Waals surface area contributed by atoms with Crippen molar-refractivity contribution in [2.75, 3.05) is 58.9 Å². The number of hydrogen-bond acceptors (Lipinski definition) is 21. The number of amides is 18. The number of para-hydroxylation sites is 2. The molecule has 5 heterocycles. The van der Waals surface area contributed by atoms with E-state index in [1.165, 1.54) is 62.1 Å². The van der Waals surface area contributed by atoms with E-state index in [9.17, 15) is 63.0 Å². The number of aromatic amines is 2. The molecule has 0 bridgehead atoms. The average molecular weight is 1830 g/mol. The molecule has 3 aliphatic rings. The van der Waals surface area contributed by atoms with Gasteiger partial charge in [0.05, 0.1) is 31.7 Å². The Bertz CT molecular complexity index is 4910. The molecule has 3 fully saturated rings. The number of primary amides is 3. The largest absolute Gasteiger partial charge is 0.508 e. The second-order valence-corrected chi connectivity index (χ2v) is 35.3. The summed E-state index contributed by atoms with van der Waals surface area (Å²) < 4.78 is 0. The Morgan fingerprint density at radius 1 is 0.477 bits per heavy atom. The molecule has 708 valence electrons. The first-order valence-corrected chi connectivity index (χ1v) is 45.2. The smallest absolute Gasteiger partial charge is 0.246 e. The Morgan fingerprint density at radius 2 is 0.923 bits per heavy atom. The van der Waals surface area contributed by atoms with E-state index in [4.69, 9.17) is 17.2 Å². The molecule has 40 nitrogen and oxygen atoms in total. The first kappa shape index (κ1) is 103. The Balaban J connectivity index is 1.18. The highest BCUT2D eigenvalue weighted by molar-refractivity contribution is 8.00. The molecule has 8 rings (SSSR count). The molecule has 20 N–H and O–H groups in total. The van der Waals surface area contributed by atoms with Crippen LogP contribution in [0.2, 0.25) is 0 Å². The fourth-order valence-electron chi connectivity index (χ4n) is 16.3. The summed E-state index contributed by atoms with van der Waals surface area (Å²) in [4.78, 5) is 273. The third-order valence-electron chi connectivity index (χ3n) is 23.4. The third kappa shape index (κ3) is 28.4. The quantitative estimate of drug-likeness (QED) is 0.0345. The zero-order valence-electron chi connectivity index (χ0n) is 75.2. The Morgan fingerprint density at radius 3 is 1.47 bits per heavy atom. The molecule has 130 heavy (non-hydrogen) atoms. The summed E-state index contributed by atoms with van der Waals surface area (Å²) in [5, 5.41) is 49.0. The molecule has 3 aromatic carbocycles. The number of nitrogens with zero attached hydrogens (tertiary/aromatic N) is 5. The Hall–Kier alpha value is -12.7. The molecule has 0 aliphatic carbocycles. The van der Waals surface area contributed by atoms with Gasteiger partial charge in [-0.05, 0) is 111 Å². The molecular weight excluding hydrogens is 1700 g/mol. The van der Waals surface area contributed by atoms with Gasteiger partial charge in [-0.3, -0.25) is 86.3 Å². The van der Waals surface area contributed by atoms with E-state index in [0.29, 0.717) is 64.2 Å². The number of fused-ring (bicyclic) bond motifs is 4. The highest BCUT2D eigenvalue weighted by atomic mass is 32.2. The summed E-state index contributed by atoms with van der Waals surface area (Å²) in [6.07, 6.45) is 2.88. The van der Waals surface area contributed by atoms with E-state index < -0.39 is 228 Å². The summed E-state index contributed by atoms with van der Waals surface area (Å²) in [6, 6.07) is -1.69. The highest BCUT2D eigenvalue weighted by Crippen LogP contribution is 2.28. The summed E-state index contributed by atoms with van der Waals surface area (Å²) in [6.45, 7) is 10.0. The molecule has 5 aromatic rings. The highest BCUT2D eigenvalue weighted by Gasteiger charge is 2.46. The van der Waals surface area contributed by atoms with Crippen molar-refractivity contribution in [1.29, 1.82) is 0 Å². The normalized spacial score (nSPS) is 24.8. The lowest BCUT2D eigenvalue weighted by Crippen LogP contribution is -2.62. The van der Waals surface area contributed by atoms with Gasteiger partial charge in [-0.2, -0.15) is 0 Å². The van der Waals surface area contributed by atoms with Crippen molar-refractivity contribution >= 4 is 140 Å². The zero-order valence-corrected chi connectivity index (χ0v) is 76.0. The number of carbonyl (C=O) groups excluding carboxylic acids is 18. The maximum Gasteiger partial charge on any atom is 0.246 e. The lowest BCUT2D eigenvalue weighted by atomic mass is 9.99. The number of nitrogens with two attached hydrogens (primary N) is 3. The predicted octanol–water partition coefficient (Wildman–Crippen LogP) is -1.21. The number of unbranched alkanes of at least 4 members (excludes halogenated alkanes) is 2. The number of nitrogens with one attached hydrogen (secondary N) is 12. The lowest BCUT2D eigenvalue weighted by Gasteiger charge is -2.36. The molecular formula is C89H126N20O20S. The average Bonchev–Trinajstić information content (AvgIpc) is 1.70. The lowest BCUT2D eigenvalue weighted by molar-refractivity contribution is -0.149. The SMILES string of the molecule is CCCC[C@H]1C(=O)N(C)[C@@H](CCCC)C(=O)N[C@@H](CC(C)C)C(=O)N[C@H](C(=O)NCC(N)=O)CSCC(=O)N[C@@H](Cc2ccc(O)cc2)C(=O)N(C)[C@@H](C)C(=O)N[C@H](CC(N)=O)C(=O)N2CCC[C@H]2C(=O)N[C@@H](CC(N)=O)C(=O)N[C@@H](CC(C)C)C(=O)N2CCC[C@H]2C(=O)N[C@@H](Cc2c[nH]c3ccccc23)C(=O)N[C@@H](CO)C(=O)N[C@@H](Cc2c[nH]c3ccccc23)C(=O)N1C. The number of aliphatic hydroxyl groups is 1. The van der Waals surface area contributed by atoms with Crippen molar-refractivity contribution in [2.45, 2.75) is 242 Å². The molecule has 0 radical (unpaired) electrons. The van der Waals surface area contributed by atoms with Gasteiger partial charge in [0, 0.05) is 93.4 Å². The van der Waals surface area contributed by atoms with Gasteiger partial charge in [-0.1, -0.05) is 116 Å². The van der Waals surface area contributed by atoms with E-state index in [-0.39, 0.29) is 101 Å². The number of rotatable bonds is 24. The maximum atomic E-state index is 15.7. The van der Waals surface area contributed by atoms with Crippen LogP contribution in [-0.4, -0.2) is 294 Å². The minimum absolute atomic E-state index is 0.0249. The monoisotopic (exact) mass is 1830 g/mol. The van der Waals surface area contributed by atoms with Crippen LogP contribution < -0.4 is 70.4 Å². The number of aromatic nitrogens is 2. The number of benzene rings is 3. The van der Waals surface area contributed by atoms with Crippen molar-refractivity contribution in [3.05, 3.63) is 102 Å². The minimum Gasteiger partial charge on any atom is -0.508 e. The molecule has 18 amide bonds. The molecule has 41 heteroatoms. The second-order valence-electron chi connectivity index (χ2n) is 34.3. The van der Waals surface area contributed by atoms with E-state index in [1.54, 1.807) is 88.6 Å². The summed E-state index contributed by atoms with van der Waals surface area (Å²) in [7, 11) is 3.96. The number of aliphatic hydroxyl groups excluding tert-OH is 1. The number of thioether (sulfide) groups is 1. The van der Waals surface area contributed by atoms with Crippen LogP contribution in [0.5, 0.6) is 5.75 Å². The number of hydrogen-bond donors (Lipinski definition) is 17. The fourth-order valence-corrected chi connectivity index (χ4v) is 17.1. The van der Waals surface area contributed by atoms with Crippen LogP contribution in [0.3, 0.4) is 0 Å². The van der Waals surface area contributed by atoms with Crippen LogP contribution >= 0.6 is 11.8 Å². The number of carbonyl (C=O) groups is 18. The predicted molar refractivity (Wildman–Crippen MR) is 480 cm³/mol. The van der Waals surface area contributed by atoms with Crippen molar-refractivity contribution in [2.24, 2.45) is 29.0 Å². The van der Waals surface area contributed by atoms with Crippen LogP contribution in [-0.2, 0) is 106 Å². The van der Waals surface area contributed by atoms with Gasteiger partial charge in [0.2, 0.25) is 106 Å². The van der Waals surface area contributed by atoms with Crippen LogP contribution in [0.25, 0.3) is 21.8 Å². The third-order valence-corrected chi connectivity index (χ3v) is 24.5. The number of H-pyrrole nitrogens is 2. The molecule has 0 unspecified atom stereocenters. The molecule has 0 saturated carbocycles. The number of aromatic hydroxyl groups is 1. The Labute approximate surface area is 758 Å². The van der Waals surface area contributed by atoms with Crippen molar-refractivity contribution in [1.82, 2.24) is 87.6 Å². The first-order valence-electron chi connectivity index (χ1n) is 44.1. The molecule has 14 atom stereocenters. The molecule has 2 aromatic heterocycles. The number of phenolic OH excluding ortho intramolecular Hbond substituents is 1. The van der Waals surface area contributed by atoms with E-state index in [1.807, 2.05) is 13.8 Å². The number of likely N-dealkylation sites (N-methyl/N-ethyl adjacent to an activating group) is 3. The van der Waals surface area contributed by atoms with Crippen LogP contribution in [0.1, 0.15) is 155 Å². The minimum atomic E-state index is -1.85. The Kier molecular flexibility index (Phi) is 38.4. The van der Waals surface area contributed by atoms with Gasteiger partial charge in [0.25, 0.3) is 0 Å². The van der Waals surface area contributed by atoms with E-state index in [2.05, 4.69) is 63.1 Å². The van der Waals surface area contributed by atoms with Crippen LogP contribution in [0.4, 0.5) is 0 Å². The van der Waals surface area contributed by atoms with Crippen molar-refractivity contribution in [3.63, 3.8) is 0 Å². The maximum absolute atomic E-state index is 15.7. The molecule has 3 saturated heterocycles. The van der Waals surface area contributed by atoms with E-state index >= 15 is 33.6 Å². The van der Waals surface area contributed by atoms with Gasteiger partial charge >= 0.3 is 0 Å². The summed E-state index contributed by atoms with van der Waals surface area (Å²) in [5.41, 5.74) is 19.6. The van der Waals surface area contributed by atoms with Gasteiger partial charge < -0.3 is 115 Å². The van der Waals surface area contributed by atoms with Crippen LogP contribution in [0.15, 0.2) is 85.2 Å². The van der Waals surface area contributed by atoms with Crippen molar-refractivity contribution in [3.8, 4) is 5.75 Å². The standard InChI is InChI=1S/C89H126N20O20S/c1-11-13-25-68-82(122)97-59(35-48(3)4)78(118)104-67(77(117)95-44-74(92)114)46-130-47-75(115)96-63(37-51-29-31-54(111)32-30-51)85(125)105(8)50(7)76(116)100-65(41-73(91)113)88(128)109-34-20-28-70(109)84(124)99-61(40-72(90)112)80(120)101-62(36-49(5)6)87(127)108-33-19-27-69(108)83(123)98-60(38-52-42-93-57-23-17-15-21-55(52)57)79(119)103-66(45-110)81(121)102-64(39-53-43-94-58-24-18-16-22-56(53)58)86(126)107(10)71(26-14-12-2)89(129)106(68)9/h15-18,21-24,29-32,42-43,48-50,59-71,93-94,110-111H,11-14,19-20,25-28,33-41,44-47H2,1-10H3,(H2,90,112)(H2,91,113)(H2,92,114)(H,95,117)(H,96,115)(H,97,122)(H,98,123)(H,99,124)(H,100,116)(H,101,120)(H,102,121)(H,103,119)(H,104,118)/t50-,59-,60-,61-,62-,63-,64-,65+,66-,67-,68-,69-,70-,71-/m0/s1. The molecule has 3 aliphatic heterocycles. The topological polar surface area (TPSA) is 594 Å². The van der Waals surface area contributed by atoms with Crippen molar-refractivity contribution < 1.29 is 96.5 Å². The van der Waals surface area contributed by atoms with Gasteiger partial charge in [0.1, 0.15) is 90.3 Å². The summed E-state index contributed by atoms with van der Waals surface area (Å²) >= 11 is 0.790. The fraction of sp³-hybridized carbons (Fsp3) is 0.551. The van der Waals surface area contributed by atoms with Gasteiger partial charge in [-0.25, -0.2) is 0 Å².